The molecular weight excluding hydrogens is 160 g/mol. The molecule has 1 saturated heterocycles. The van der Waals surface area contributed by atoms with Crippen molar-refractivity contribution in [1.82, 2.24) is 0 Å². The van der Waals surface area contributed by atoms with Gasteiger partial charge in [-0.25, -0.2) is 0 Å². The standard InChI is InChI=1S/C8H16S2/c1-5(2)7-9-8(10-7)6(3)4/h5-8H,1-4H3. The van der Waals surface area contributed by atoms with Crippen LogP contribution in [0.1, 0.15) is 27.7 Å². The first-order valence-electron chi connectivity index (χ1n) is 3.92. The summed E-state index contributed by atoms with van der Waals surface area (Å²) in [6.45, 7) is 9.23. The molecule has 2 heteroatoms. The van der Waals surface area contributed by atoms with Crippen LogP contribution in [-0.4, -0.2) is 9.16 Å². The lowest BCUT2D eigenvalue weighted by atomic mass is 10.2. The zero-order chi connectivity index (χ0) is 7.72. The third-order valence-electron chi connectivity index (χ3n) is 1.63. The van der Waals surface area contributed by atoms with E-state index < -0.39 is 0 Å². The highest BCUT2D eigenvalue weighted by atomic mass is 32.3. The summed E-state index contributed by atoms with van der Waals surface area (Å²) < 4.78 is 1.76. The zero-order valence-corrected chi connectivity index (χ0v) is 8.76. The minimum atomic E-state index is 0.852. The van der Waals surface area contributed by atoms with Crippen LogP contribution in [0, 0.1) is 11.8 Å². The van der Waals surface area contributed by atoms with Gasteiger partial charge in [-0.2, -0.15) is 0 Å². The van der Waals surface area contributed by atoms with Crippen molar-refractivity contribution in [2.45, 2.75) is 36.9 Å². The third kappa shape index (κ3) is 1.85. The topological polar surface area (TPSA) is 0 Å². The van der Waals surface area contributed by atoms with Gasteiger partial charge in [-0.3, -0.25) is 0 Å². The van der Waals surface area contributed by atoms with Gasteiger partial charge < -0.3 is 0 Å². The lowest BCUT2D eigenvalue weighted by Crippen LogP contribution is -2.27. The Kier molecular flexibility index (Phi) is 2.99. The third-order valence-corrected chi connectivity index (χ3v) is 6.21. The van der Waals surface area contributed by atoms with E-state index in [1.165, 1.54) is 0 Å². The van der Waals surface area contributed by atoms with Crippen LogP contribution in [0.15, 0.2) is 0 Å². The molecule has 1 heterocycles. The SMILES string of the molecule is CC(C)C1SC(C(C)C)S1. The fourth-order valence-electron chi connectivity index (χ4n) is 0.903. The molecule has 0 aromatic heterocycles. The Morgan fingerprint density at radius 2 is 1.10 bits per heavy atom. The Morgan fingerprint density at radius 1 is 0.800 bits per heavy atom. The van der Waals surface area contributed by atoms with Crippen LogP contribution in [0.2, 0.25) is 0 Å². The summed E-state index contributed by atoms with van der Waals surface area (Å²) in [7, 11) is 0. The Bertz CT molecular complexity index is 91.8. The van der Waals surface area contributed by atoms with Gasteiger partial charge in [0.05, 0.1) is 9.16 Å². The average Bonchev–Trinajstić information content (AvgIpc) is 1.56. The highest BCUT2D eigenvalue weighted by Gasteiger charge is 2.34. The first-order valence-corrected chi connectivity index (χ1v) is 5.80. The molecule has 0 saturated carbocycles. The van der Waals surface area contributed by atoms with Gasteiger partial charge in [-0.05, 0) is 11.8 Å². The number of thioether (sulfide) groups is 2. The van der Waals surface area contributed by atoms with E-state index in [2.05, 4.69) is 51.2 Å². The van der Waals surface area contributed by atoms with Crippen molar-refractivity contribution >= 4 is 23.5 Å². The minimum Gasteiger partial charge on any atom is -0.133 e. The fraction of sp³-hybridized carbons (Fsp3) is 1.00. The molecule has 0 aromatic rings. The van der Waals surface area contributed by atoms with Gasteiger partial charge in [0.1, 0.15) is 0 Å². The van der Waals surface area contributed by atoms with Gasteiger partial charge in [0, 0.05) is 0 Å². The monoisotopic (exact) mass is 176 g/mol. The maximum Gasteiger partial charge on any atom is 0.0547 e. The summed E-state index contributed by atoms with van der Waals surface area (Å²) in [5.74, 6) is 1.70. The van der Waals surface area contributed by atoms with Crippen molar-refractivity contribution in [1.29, 1.82) is 0 Å². The van der Waals surface area contributed by atoms with Crippen molar-refractivity contribution in [2.24, 2.45) is 11.8 Å². The van der Waals surface area contributed by atoms with Crippen LogP contribution in [0.25, 0.3) is 0 Å². The van der Waals surface area contributed by atoms with Gasteiger partial charge in [0.2, 0.25) is 0 Å². The quantitative estimate of drug-likeness (QED) is 0.632. The van der Waals surface area contributed by atoms with Gasteiger partial charge in [-0.1, -0.05) is 27.7 Å². The van der Waals surface area contributed by atoms with E-state index in [4.69, 9.17) is 0 Å². The van der Waals surface area contributed by atoms with E-state index in [1.54, 1.807) is 0 Å². The second-order valence-electron chi connectivity index (χ2n) is 3.50. The molecule has 0 unspecified atom stereocenters. The maximum atomic E-state index is 2.31. The van der Waals surface area contributed by atoms with Gasteiger partial charge in [0.15, 0.2) is 0 Å². The largest absolute Gasteiger partial charge is 0.133 e. The first-order chi connectivity index (χ1) is 4.61. The van der Waals surface area contributed by atoms with Crippen molar-refractivity contribution in [3.63, 3.8) is 0 Å². The lowest BCUT2D eigenvalue weighted by Gasteiger charge is -2.39. The molecule has 0 atom stereocenters. The Morgan fingerprint density at radius 3 is 1.30 bits per heavy atom. The molecule has 60 valence electrons. The van der Waals surface area contributed by atoms with Crippen molar-refractivity contribution < 1.29 is 0 Å². The molecule has 1 aliphatic rings. The Labute approximate surface area is 72.5 Å². The predicted octanol–water partition coefficient (Wildman–Crippen LogP) is 3.43. The number of rotatable bonds is 2. The van der Waals surface area contributed by atoms with Gasteiger partial charge in [0.25, 0.3) is 0 Å². The highest BCUT2D eigenvalue weighted by Crippen LogP contribution is 2.53. The fourth-order valence-corrected chi connectivity index (χ4v) is 3.81. The molecule has 0 N–H and O–H groups in total. The molecule has 1 aliphatic heterocycles. The predicted molar refractivity (Wildman–Crippen MR) is 52.4 cm³/mol. The molecule has 0 amide bonds. The van der Waals surface area contributed by atoms with Crippen LogP contribution < -0.4 is 0 Å². The normalized spacial score (nSPS) is 33.0. The zero-order valence-electron chi connectivity index (χ0n) is 7.13. The van der Waals surface area contributed by atoms with Gasteiger partial charge >= 0.3 is 0 Å². The van der Waals surface area contributed by atoms with E-state index >= 15 is 0 Å². The second kappa shape index (κ2) is 3.40. The summed E-state index contributed by atoms with van der Waals surface area (Å²) in [6, 6.07) is 0. The molecule has 0 nitrogen and oxygen atoms in total. The summed E-state index contributed by atoms with van der Waals surface area (Å²) in [5.41, 5.74) is 0. The number of hydrogen-bond acceptors (Lipinski definition) is 2. The molecule has 0 radical (unpaired) electrons. The highest BCUT2D eigenvalue weighted by molar-refractivity contribution is 8.33. The maximum absolute atomic E-state index is 2.31. The van der Waals surface area contributed by atoms with Crippen molar-refractivity contribution in [3.05, 3.63) is 0 Å². The smallest absolute Gasteiger partial charge is 0.0547 e. The molecule has 0 spiro atoms. The summed E-state index contributed by atoms with van der Waals surface area (Å²) in [5, 5.41) is 0. The second-order valence-corrected chi connectivity index (χ2v) is 6.67. The van der Waals surface area contributed by atoms with Gasteiger partial charge in [-0.15, -0.1) is 23.5 Å². The average molecular weight is 176 g/mol. The van der Waals surface area contributed by atoms with Crippen LogP contribution in [-0.2, 0) is 0 Å². The lowest BCUT2D eigenvalue weighted by molar-refractivity contribution is 0.670. The minimum absolute atomic E-state index is 0.852. The molecule has 1 fully saturated rings. The van der Waals surface area contributed by atoms with E-state index in [0.29, 0.717) is 0 Å². The van der Waals surface area contributed by atoms with E-state index in [-0.39, 0.29) is 0 Å². The first kappa shape index (κ1) is 8.79. The van der Waals surface area contributed by atoms with E-state index in [9.17, 15) is 0 Å². The van der Waals surface area contributed by atoms with E-state index in [1.807, 2.05) is 0 Å². The Balaban J connectivity index is 2.18. The molecule has 0 aromatic carbocycles. The summed E-state index contributed by atoms with van der Waals surface area (Å²) >= 11 is 4.31. The van der Waals surface area contributed by atoms with Crippen molar-refractivity contribution in [2.75, 3.05) is 0 Å². The number of hydrogen-bond donors (Lipinski definition) is 0. The molecular formula is C8H16S2. The van der Waals surface area contributed by atoms with Crippen LogP contribution in [0.5, 0.6) is 0 Å². The molecule has 0 aliphatic carbocycles. The molecule has 10 heavy (non-hydrogen) atoms. The van der Waals surface area contributed by atoms with Crippen LogP contribution in [0.3, 0.4) is 0 Å². The van der Waals surface area contributed by atoms with Crippen LogP contribution >= 0.6 is 23.5 Å². The molecule has 0 bridgehead atoms. The van der Waals surface area contributed by atoms with E-state index in [0.717, 1.165) is 21.0 Å². The molecule has 1 rings (SSSR count). The summed E-state index contributed by atoms with van der Waals surface area (Å²) in [6.07, 6.45) is 0. The van der Waals surface area contributed by atoms with Crippen LogP contribution in [0.4, 0.5) is 0 Å². The Hall–Kier alpha value is 0.700. The van der Waals surface area contributed by atoms with Crippen molar-refractivity contribution in [3.8, 4) is 0 Å². The summed E-state index contributed by atoms with van der Waals surface area (Å²) in [4.78, 5) is 0.